The van der Waals surface area contributed by atoms with Gasteiger partial charge < -0.3 is 15.2 Å². The van der Waals surface area contributed by atoms with E-state index in [1.54, 1.807) is 19.1 Å². The van der Waals surface area contributed by atoms with Crippen LogP contribution in [0.15, 0.2) is 30.4 Å². The minimum Gasteiger partial charge on any atom is -0.483 e. The van der Waals surface area contributed by atoms with Crippen molar-refractivity contribution in [2.24, 2.45) is 0 Å². The van der Waals surface area contributed by atoms with Gasteiger partial charge in [0.05, 0.1) is 0 Å². The van der Waals surface area contributed by atoms with Crippen LogP contribution in [0.2, 0.25) is 0 Å². The first-order chi connectivity index (χ1) is 9.95. The number of nitrogens with one attached hydrogen (secondary N) is 1. The number of carbonyl (C=O) groups excluding carboxylic acids is 1. The molecule has 114 valence electrons. The smallest absolute Gasteiger partial charge is 0.326 e. The monoisotopic (exact) mass is 291 g/mol. The van der Waals surface area contributed by atoms with Crippen molar-refractivity contribution in [2.45, 2.75) is 33.2 Å². The summed E-state index contributed by atoms with van der Waals surface area (Å²) in [5.74, 6) is -0.851. The topological polar surface area (TPSA) is 75.6 Å². The van der Waals surface area contributed by atoms with Crippen molar-refractivity contribution in [1.29, 1.82) is 0 Å². The Morgan fingerprint density at radius 1 is 1.33 bits per heavy atom. The molecule has 1 aromatic rings. The maximum absolute atomic E-state index is 11.8. The molecule has 1 rings (SSSR count). The first kappa shape index (κ1) is 16.8. The van der Waals surface area contributed by atoms with Gasteiger partial charge in [0, 0.05) is 0 Å². The molecule has 0 aliphatic rings. The van der Waals surface area contributed by atoms with Gasteiger partial charge in [0.25, 0.3) is 5.91 Å². The fraction of sp³-hybridized carbons (Fsp3) is 0.375. The Morgan fingerprint density at radius 2 is 1.95 bits per heavy atom. The van der Waals surface area contributed by atoms with Gasteiger partial charge in [-0.05, 0) is 38.3 Å². The fourth-order valence-corrected chi connectivity index (χ4v) is 1.89. The van der Waals surface area contributed by atoms with E-state index in [9.17, 15) is 9.59 Å². The van der Waals surface area contributed by atoms with Crippen molar-refractivity contribution in [3.05, 3.63) is 41.5 Å². The van der Waals surface area contributed by atoms with E-state index < -0.39 is 17.9 Å². The highest BCUT2D eigenvalue weighted by atomic mass is 16.5. The second-order valence-electron chi connectivity index (χ2n) is 4.77. The number of hydrogen-bond acceptors (Lipinski definition) is 3. The molecule has 5 nitrogen and oxygen atoms in total. The van der Waals surface area contributed by atoms with Crippen molar-refractivity contribution in [3.8, 4) is 5.75 Å². The number of allylic oxidation sites excluding steroid dienone is 1. The summed E-state index contributed by atoms with van der Waals surface area (Å²) in [7, 11) is 0. The normalized spacial score (nSPS) is 12.1. The second-order valence-corrected chi connectivity index (χ2v) is 4.77. The quantitative estimate of drug-likeness (QED) is 0.755. The first-order valence-corrected chi connectivity index (χ1v) is 6.78. The molecule has 1 atom stereocenters. The number of amides is 1. The largest absolute Gasteiger partial charge is 0.483 e. The minimum atomic E-state index is -1.06. The molecule has 0 heterocycles. The maximum Gasteiger partial charge on any atom is 0.326 e. The highest BCUT2D eigenvalue weighted by molar-refractivity contribution is 5.84. The number of rotatable bonds is 7. The molecule has 1 unspecified atom stereocenters. The summed E-state index contributed by atoms with van der Waals surface area (Å²) in [4.78, 5) is 22.8. The van der Waals surface area contributed by atoms with E-state index >= 15 is 0 Å². The molecular weight excluding hydrogens is 270 g/mol. The summed E-state index contributed by atoms with van der Waals surface area (Å²) < 4.78 is 5.49. The third-order valence-electron chi connectivity index (χ3n) is 3.00. The van der Waals surface area contributed by atoms with E-state index in [0.29, 0.717) is 5.75 Å². The zero-order valence-electron chi connectivity index (χ0n) is 12.6. The lowest BCUT2D eigenvalue weighted by Crippen LogP contribution is -2.42. The molecule has 1 aromatic carbocycles. The number of benzene rings is 1. The maximum atomic E-state index is 11.8. The SMILES string of the molecule is C/C=C/CC(NC(=O)COc1c(C)cccc1C)C(=O)O. The summed E-state index contributed by atoms with van der Waals surface area (Å²) in [5, 5.41) is 11.5. The highest BCUT2D eigenvalue weighted by Crippen LogP contribution is 2.21. The predicted octanol–water partition coefficient (Wildman–Crippen LogP) is 2.22. The third kappa shape index (κ3) is 5.30. The molecule has 2 N–H and O–H groups in total. The second kappa shape index (κ2) is 8.09. The van der Waals surface area contributed by atoms with Crippen LogP contribution in [0, 0.1) is 13.8 Å². The van der Waals surface area contributed by atoms with Gasteiger partial charge >= 0.3 is 5.97 Å². The van der Waals surface area contributed by atoms with Crippen LogP contribution in [0.1, 0.15) is 24.5 Å². The molecule has 0 aromatic heterocycles. The highest BCUT2D eigenvalue weighted by Gasteiger charge is 2.18. The summed E-state index contributed by atoms with van der Waals surface area (Å²) in [6, 6.07) is 4.77. The number of carboxylic acid groups (broad SMARTS) is 1. The van der Waals surface area contributed by atoms with Gasteiger partial charge in [-0.15, -0.1) is 0 Å². The van der Waals surface area contributed by atoms with Crippen LogP contribution in [-0.2, 0) is 9.59 Å². The molecule has 5 heteroatoms. The number of carboxylic acids is 1. The van der Waals surface area contributed by atoms with Crippen LogP contribution < -0.4 is 10.1 Å². The van der Waals surface area contributed by atoms with Crippen molar-refractivity contribution in [1.82, 2.24) is 5.32 Å². The van der Waals surface area contributed by atoms with E-state index in [1.807, 2.05) is 32.0 Å². The Hall–Kier alpha value is -2.30. The molecule has 0 saturated heterocycles. The number of hydrogen-bond donors (Lipinski definition) is 2. The van der Waals surface area contributed by atoms with Crippen LogP contribution in [0.4, 0.5) is 0 Å². The molecular formula is C16H21NO4. The van der Waals surface area contributed by atoms with Crippen LogP contribution in [0.5, 0.6) is 5.75 Å². The average Bonchev–Trinajstić information content (AvgIpc) is 2.42. The van der Waals surface area contributed by atoms with E-state index in [2.05, 4.69) is 5.32 Å². The van der Waals surface area contributed by atoms with Crippen LogP contribution in [-0.4, -0.2) is 29.6 Å². The van der Waals surface area contributed by atoms with E-state index in [1.165, 1.54) is 0 Å². The molecule has 0 aliphatic carbocycles. The van der Waals surface area contributed by atoms with Crippen LogP contribution >= 0.6 is 0 Å². The fourth-order valence-electron chi connectivity index (χ4n) is 1.89. The number of aliphatic carboxylic acids is 1. The Kier molecular flexibility index (Phi) is 6.46. The molecule has 0 saturated carbocycles. The Morgan fingerprint density at radius 3 is 2.48 bits per heavy atom. The zero-order valence-corrected chi connectivity index (χ0v) is 12.6. The van der Waals surface area contributed by atoms with E-state index in [-0.39, 0.29) is 13.0 Å². The molecule has 0 fully saturated rings. The van der Waals surface area contributed by atoms with Gasteiger partial charge in [0.15, 0.2) is 6.61 Å². The summed E-state index contributed by atoms with van der Waals surface area (Å²) in [6.45, 7) is 5.38. The van der Waals surface area contributed by atoms with Gasteiger partial charge in [0.1, 0.15) is 11.8 Å². The Balaban J connectivity index is 2.59. The van der Waals surface area contributed by atoms with Gasteiger partial charge in [0.2, 0.25) is 0 Å². The third-order valence-corrected chi connectivity index (χ3v) is 3.00. The van der Waals surface area contributed by atoms with Crippen molar-refractivity contribution < 1.29 is 19.4 Å². The molecule has 1 amide bonds. The number of para-hydroxylation sites is 1. The lowest BCUT2D eigenvalue weighted by atomic mass is 10.1. The minimum absolute atomic E-state index is 0.203. The van der Waals surface area contributed by atoms with Gasteiger partial charge in [-0.25, -0.2) is 4.79 Å². The zero-order chi connectivity index (χ0) is 15.8. The lowest BCUT2D eigenvalue weighted by Gasteiger charge is -2.15. The van der Waals surface area contributed by atoms with Crippen molar-refractivity contribution in [3.63, 3.8) is 0 Å². The summed E-state index contributed by atoms with van der Waals surface area (Å²) in [6.07, 6.45) is 3.70. The van der Waals surface area contributed by atoms with E-state index in [4.69, 9.17) is 9.84 Å². The standard InChI is InChI=1S/C16H21NO4/c1-4-5-9-13(16(19)20)17-14(18)10-21-15-11(2)7-6-8-12(15)3/h4-8,13H,9-10H2,1-3H3,(H,17,18)(H,19,20)/b5-4+. The van der Waals surface area contributed by atoms with E-state index in [0.717, 1.165) is 11.1 Å². The van der Waals surface area contributed by atoms with Crippen molar-refractivity contribution in [2.75, 3.05) is 6.61 Å². The molecule has 0 radical (unpaired) electrons. The summed E-state index contributed by atoms with van der Waals surface area (Å²) >= 11 is 0. The van der Waals surface area contributed by atoms with Crippen LogP contribution in [0.25, 0.3) is 0 Å². The Bertz CT molecular complexity index is 517. The number of ether oxygens (including phenoxy) is 1. The first-order valence-electron chi connectivity index (χ1n) is 6.78. The average molecular weight is 291 g/mol. The Labute approximate surface area is 124 Å². The number of aryl methyl sites for hydroxylation is 2. The lowest BCUT2D eigenvalue weighted by molar-refractivity contribution is -0.142. The van der Waals surface area contributed by atoms with Gasteiger partial charge in [-0.3, -0.25) is 4.79 Å². The summed E-state index contributed by atoms with van der Waals surface area (Å²) in [5.41, 5.74) is 1.87. The van der Waals surface area contributed by atoms with Crippen molar-refractivity contribution >= 4 is 11.9 Å². The van der Waals surface area contributed by atoms with Crippen LogP contribution in [0.3, 0.4) is 0 Å². The molecule has 21 heavy (non-hydrogen) atoms. The molecule has 0 bridgehead atoms. The van der Waals surface area contributed by atoms with Gasteiger partial charge in [-0.1, -0.05) is 30.4 Å². The van der Waals surface area contributed by atoms with Gasteiger partial charge in [-0.2, -0.15) is 0 Å². The molecule has 0 aliphatic heterocycles. The number of carbonyl (C=O) groups is 2. The predicted molar refractivity (Wildman–Crippen MR) is 80.4 cm³/mol. The molecule has 0 spiro atoms.